The van der Waals surface area contributed by atoms with E-state index in [0.29, 0.717) is 12.6 Å². The van der Waals surface area contributed by atoms with Crippen LogP contribution in [0.25, 0.3) is 0 Å². The molecule has 1 saturated carbocycles. The van der Waals surface area contributed by atoms with Gasteiger partial charge in [-0.15, -0.1) is 0 Å². The van der Waals surface area contributed by atoms with Gasteiger partial charge in [0.25, 0.3) is 11.8 Å². The predicted octanol–water partition coefficient (Wildman–Crippen LogP) is 1.32. The van der Waals surface area contributed by atoms with Gasteiger partial charge in [0.05, 0.1) is 0 Å². The Balaban J connectivity index is 1.76. The molecule has 2 amide bonds. The number of imide groups is 1. The first kappa shape index (κ1) is 17.8. The maximum absolute atomic E-state index is 11.6. The number of carbonyl (C=O) groups is 3. The summed E-state index contributed by atoms with van der Waals surface area (Å²) in [6.45, 7) is 3.56. The fraction of sp³-hybridized carbons (Fsp3) is 0.706. The zero-order valence-electron chi connectivity index (χ0n) is 13.8. The Hall–Kier alpha value is -1.53. The van der Waals surface area contributed by atoms with Gasteiger partial charge in [0.2, 0.25) is 0 Å². The Morgan fingerprint density at radius 2 is 1.87 bits per heavy atom. The number of aldehydes is 1. The molecule has 0 aromatic rings. The average molecular weight is 321 g/mol. The van der Waals surface area contributed by atoms with Gasteiger partial charge in [-0.25, -0.2) is 10.4 Å². The summed E-state index contributed by atoms with van der Waals surface area (Å²) >= 11 is 0. The smallest absolute Gasteiger partial charge is 0.268 e. The molecule has 0 atom stereocenters. The van der Waals surface area contributed by atoms with E-state index in [0.717, 1.165) is 43.5 Å². The summed E-state index contributed by atoms with van der Waals surface area (Å²) < 4.78 is 0. The molecule has 0 bridgehead atoms. The second-order valence-electron chi connectivity index (χ2n) is 6.60. The van der Waals surface area contributed by atoms with Gasteiger partial charge in [-0.05, 0) is 38.6 Å². The third-order valence-corrected chi connectivity index (χ3v) is 4.84. The number of hydrogen-bond acceptors (Lipinski definition) is 5. The highest BCUT2D eigenvalue weighted by atomic mass is 16.2. The van der Waals surface area contributed by atoms with Crippen LogP contribution in [0.2, 0.25) is 0 Å². The van der Waals surface area contributed by atoms with Crippen molar-refractivity contribution in [3.05, 3.63) is 12.2 Å². The molecule has 128 valence electrons. The Morgan fingerprint density at radius 1 is 1.22 bits per heavy atom. The highest BCUT2D eigenvalue weighted by Crippen LogP contribution is 2.34. The first-order valence-electron chi connectivity index (χ1n) is 8.59. The number of carbonyl (C=O) groups excluding carboxylic acids is 3. The minimum Gasteiger partial charge on any atom is -0.314 e. The lowest BCUT2D eigenvalue weighted by Gasteiger charge is -2.37. The summed E-state index contributed by atoms with van der Waals surface area (Å²) in [5.74, 6) is -0.746. The maximum Gasteiger partial charge on any atom is 0.268 e. The molecule has 2 N–H and O–H groups in total. The van der Waals surface area contributed by atoms with Gasteiger partial charge < -0.3 is 10.1 Å². The van der Waals surface area contributed by atoms with Crippen LogP contribution in [-0.4, -0.2) is 42.2 Å². The molecule has 0 unspecified atom stereocenters. The van der Waals surface area contributed by atoms with Crippen LogP contribution in [0.1, 0.15) is 51.9 Å². The Kier molecular flexibility index (Phi) is 6.47. The lowest BCUT2D eigenvalue weighted by atomic mass is 9.73. The lowest BCUT2D eigenvalue weighted by Crippen LogP contribution is -2.50. The molecular weight excluding hydrogens is 294 g/mol. The molecule has 2 rings (SSSR count). The molecule has 0 aromatic carbocycles. The van der Waals surface area contributed by atoms with Crippen LogP contribution in [0.5, 0.6) is 0 Å². The monoisotopic (exact) mass is 321 g/mol. The van der Waals surface area contributed by atoms with Crippen LogP contribution in [0.4, 0.5) is 0 Å². The number of amides is 2. The summed E-state index contributed by atoms with van der Waals surface area (Å²) in [4.78, 5) is 34.7. The summed E-state index contributed by atoms with van der Waals surface area (Å²) in [5, 5.41) is 4.55. The zero-order valence-corrected chi connectivity index (χ0v) is 13.8. The lowest BCUT2D eigenvalue weighted by molar-refractivity contribution is -0.142. The second-order valence-corrected chi connectivity index (χ2v) is 6.60. The molecular formula is C17H27N3O3. The number of unbranched alkanes of at least 4 members (excludes halogenated alkanes) is 2. The summed E-state index contributed by atoms with van der Waals surface area (Å²) in [7, 11) is 0. The number of hydrazine groups is 1. The predicted molar refractivity (Wildman–Crippen MR) is 87.3 cm³/mol. The van der Waals surface area contributed by atoms with Crippen molar-refractivity contribution in [3.63, 3.8) is 0 Å². The summed E-state index contributed by atoms with van der Waals surface area (Å²) in [6.07, 6.45) is 10.6. The fourth-order valence-electron chi connectivity index (χ4n) is 3.21. The molecule has 1 aliphatic heterocycles. The van der Waals surface area contributed by atoms with E-state index in [9.17, 15) is 14.4 Å². The fourth-order valence-corrected chi connectivity index (χ4v) is 3.21. The van der Waals surface area contributed by atoms with Gasteiger partial charge >= 0.3 is 0 Å². The van der Waals surface area contributed by atoms with E-state index >= 15 is 0 Å². The van der Waals surface area contributed by atoms with Crippen LogP contribution in [0.15, 0.2) is 12.2 Å². The number of rotatable bonds is 9. The number of nitrogens with zero attached hydrogens (tertiary/aromatic N) is 1. The van der Waals surface area contributed by atoms with Crippen molar-refractivity contribution >= 4 is 18.1 Å². The third-order valence-electron chi connectivity index (χ3n) is 4.84. The summed E-state index contributed by atoms with van der Waals surface area (Å²) in [5.41, 5.74) is 2.36. The minimum atomic E-state index is -0.481. The van der Waals surface area contributed by atoms with Crippen LogP contribution < -0.4 is 10.7 Å². The average Bonchev–Trinajstić information content (AvgIpc) is 2.89. The number of nitrogens with one attached hydrogen (secondary N) is 2. The van der Waals surface area contributed by atoms with Crippen molar-refractivity contribution < 1.29 is 14.4 Å². The van der Waals surface area contributed by atoms with Crippen LogP contribution in [0, 0.1) is 5.41 Å². The maximum atomic E-state index is 11.6. The number of hydrogen-bond donors (Lipinski definition) is 2. The van der Waals surface area contributed by atoms with Gasteiger partial charge in [-0.2, -0.15) is 0 Å². The van der Waals surface area contributed by atoms with E-state index in [2.05, 4.69) is 17.7 Å². The minimum absolute atomic E-state index is 0.332. The van der Waals surface area contributed by atoms with E-state index in [1.807, 2.05) is 0 Å². The zero-order chi connectivity index (χ0) is 16.7. The normalized spacial score (nSPS) is 27.7. The Morgan fingerprint density at radius 3 is 2.43 bits per heavy atom. The van der Waals surface area contributed by atoms with Crippen molar-refractivity contribution in [3.8, 4) is 0 Å². The van der Waals surface area contributed by atoms with Gasteiger partial charge in [0.1, 0.15) is 6.29 Å². The third kappa shape index (κ3) is 4.72. The van der Waals surface area contributed by atoms with Crippen LogP contribution >= 0.6 is 0 Å². The Labute approximate surface area is 137 Å². The van der Waals surface area contributed by atoms with Crippen molar-refractivity contribution in [2.45, 2.75) is 57.9 Å². The SMILES string of the molecule is CCCCCNC1CCC(C=O)(CNN2C(=O)C=CC2=O)CC1. The molecule has 1 fully saturated rings. The molecule has 6 heteroatoms. The quantitative estimate of drug-likeness (QED) is 0.380. The van der Waals surface area contributed by atoms with E-state index < -0.39 is 5.41 Å². The van der Waals surface area contributed by atoms with E-state index in [1.165, 1.54) is 31.4 Å². The van der Waals surface area contributed by atoms with Crippen molar-refractivity contribution in [2.24, 2.45) is 5.41 Å². The molecule has 1 heterocycles. The molecule has 1 aliphatic carbocycles. The van der Waals surface area contributed by atoms with Crippen LogP contribution in [0.3, 0.4) is 0 Å². The van der Waals surface area contributed by atoms with Gasteiger partial charge in [-0.1, -0.05) is 19.8 Å². The Bertz CT molecular complexity index is 450. The van der Waals surface area contributed by atoms with Crippen molar-refractivity contribution in [1.29, 1.82) is 0 Å². The first-order chi connectivity index (χ1) is 11.1. The largest absolute Gasteiger partial charge is 0.314 e. The van der Waals surface area contributed by atoms with Gasteiger partial charge in [0.15, 0.2) is 0 Å². The van der Waals surface area contributed by atoms with E-state index in [4.69, 9.17) is 0 Å². The van der Waals surface area contributed by atoms with Crippen molar-refractivity contribution in [2.75, 3.05) is 13.1 Å². The highest BCUT2D eigenvalue weighted by Gasteiger charge is 2.36. The summed E-state index contributed by atoms with van der Waals surface area (Å²) in [6, 6.07) is 0.469. The first-order valence-corrected chi connectivity index (χ1v) is 8.59. The molecule has 0 saturated heterocycles. The topological polar surface area (TPSA) is 78.5 Å². The molecule has 2 aliphatic rings. The van der Waals surface area contributed by atoms with Gasteiger partial charge in [0, 0.05) is 30.2 Å². The van der Waals surface area contributed by atoms with Crippen LogP contribution in [-0.2, 0) is 14.4 Å². The molecule has 23 heavy (non-hydrogen) atoms. The highest BCUT2D eigenvalue weighted by molar-refractivity contribution is 6.12. The molecule has 0 aromatic heterocycles. The van der Waals surface area contributed by atoms with Gasteiger partial charge in [-0.3, -0.25) is 9.59 Å². The molecule has 0 radical (unpaired) electrons. The molecule has 0 spiro atoms. The van der Waals surface area contributed by atoms with E-state index in [1.54, 1.807) is 0 Å². The molecule has 6 nitrogen and oxygen atoms in total. The standard InChI is InChI=1S/C17H27N3O3/c1-2-3-4-11-18-14-7-9-17(13-21,10-8-14)12-19-20-15(22)5-6-16(20)23/h5-6,13-14,18-19H,2-4,7-12H2,1H3. The van der Waals surface area contributed by atoms with Crippen molar-refractivity contribution in [1.82, 2.24) is 15.8 Å². The second kappa shape index (κ2) is 8.36. The van der Waals surface area contributed by atoms with E-state index in [-0.39, 0.29) is 11.8 Å².